The molecule has 8 heteroatoms. The molecule has 0 spiro atoms. The molecule has 11 rings (SSSR count). The van der Waals surface area contributed by atoms with Gasteiger partial charge in [-0.25, -0.2) is 0 Å². The summed E-state index contributed by atoms with van der Waals surface area (Å²) in [4.78, 5) is 9.54. The number of para-hydroxylation sites is 2. The topological polar surface area (TPSA) is 67.6 Å². The summed E-state index contributed by atoms with van der Waals surface area (Å²) in [6.07, 6.45) is 1.74. The first-order valence-corrected chi connectivity index (χ1v) is 21.5. The Labute approximate surface area is 382 Å². The number of halogens is 1. The van der Waals surface area contributed by atoms with Crippen molar-refractivity contribution in [2.75, 3.05) is 0 Å². The Balaban J connectivity index is 0.000000284. The minimum Gasteiger partial charge on any atom is -0.501 e. The zero-order valence-corrected chi connectivity index (χ0v) is 38.1. The number of fused-ring (bicyclic) bond motifs is 7. The molecule has 4 aromatic heterocycles. The molecule has 0 amide bonds. The average Bonchev–Trinajstić information content (AvgIpc) is 3.99. The van der Waals surface area contributed by atoms with Crippen molar-refractivity contribution in [3.05, 3.63) is 186 Å². The number of benzene rings is 7. The quantitative estimate of drug-likeness (QED) is 0.156. The van der Waals surface area contributed by atoms with Crippen molar-refractivity contribution in [2.45, 2.75) is 39.5 Å². The molecule has 63 heavy (non-hydrogen) atoms. The van der Waals surface area contributed by atoms with E-state index in [1.165, 1.54) is 40.1 Å². The van der Waals surface area contributed by atoms with Gasteiger partial charge in [-0.15, -0.1) is 35.7 Å². The summed E-state index contributed by atoms with van der Waals surface area (Å²) in [7, 11) is 0. The van der Waals surface area contributed by atoms with Gasteiger partial charge in [-0.3, -0.25) is 9.37 Å². The van der Waals surface area contributed by atoms with Crippen LogP contribution in [-0.4, -0.2) is 14.5 Å². The first-order valence-electron chi connectivity index (χ1n) is 20.7. The Kier molecular flexibility index (Phi) is 11.4. The summed E-state index contributed by atoms with van der Waals surface area (Å²) in [6, 6.07) is 57.2. The van der Waals surface area contributed by atoms with E-state index in [9.17, 15) is 9.65 Å². The van der Waals surface area contributed by atoms with Crippen LogP contribution in [0.5, 0.6) is 0 Å². The molecule has 0 saturated carbocycles. The Bertz CT molecular complexity index is 3490. The third-order valence-corrected chi connectivity index (χ3v) is 12.5. The van der Waals surface area contributed by atoms with E-state index in [1.807, 2.05) is 48.5 Å². The van der Waals surface area contributed by atoms with Gasteiger partial charge in [0.05, 0.1) is 34.1 Å². The largest absolute Gasteiger partial charge is 0.501 e. The number of thiophene rings is 1. The van der Waals surface area contributed by atoms with E-state index in [-0.39, 0.29) is 37.8 Å². The van der Waals surface area contributed by atoms with Gasteiger partial charge in [0.15, 0.2) is 0 Å². The smallest absolute Gasteiger partial charge is 0.121 e. The Morgan fingerprint density at radius 1 is 0.714 bits per heavy atom. The van der Waals surface area contributed by atoms with E-state index >= 15 is 0 Å². The molecular weight excluding hydrogens is 976 g/mol. The Hall–Kier alpha value is -6.75. The number of nitriles is 1. The number of pyridine rings is 1. The molecule has 0 N–H and O–H groups in total. The minimum absolute atomic E-state index is 0. The van der Waals surface area contributed by atoms with Gasteiger partial charge < -0.3 is 14.0 Å². The third kappa shape index (κ3) is 7.63. The van der Waals surface area contributed by atoms with Gasteiger partial charge in [-0.05, 0) is 93.7 Å². The van der Waals surface area contributed by atoms with Crippen LogP contribution in [0.1, 0.15) is 56.2 Å². The first-order chi connectivity index (χ1) is 30.2. The van der Waals surface area contributed by atoms with Gasteiger partial charge in [0.2, 0.25) is 0 Å². The molecule has 0 fully saturated rings. The van der Waals surface area contributed by atoms with Gasteiger partial charge in [-0.2, -0.15) is 16.6 Å². The number of nitrogens with zero attached hydrogens (tertiary/aromatic N) is 4. The van der Waals surface area contributed by atoms with Crippen LogP contribution in [0.3, 0.4) is 0 Å². The summed E-state index contributed by atoms with van der Waals surface area (Å²) >= 11 is 1.54. The van der Waals surface area contributed by atoms with Crippen LogP contribution in [0.4, 0.5) is 4.39 Å². The maximum absolute atomic E-state index is 12.9. The molecule has 0 aliphatic heterocycles. The number of hydrogen-bond donors (Lipinski definition) is 0. The van der Waals surface area contributed by atoms with Crippen molar-refractivity contribution in [3.8, 4) is 45.4 Å². The standard InChI is InChI=1S/C44H34N3O.C11H5FNS.Ir/c1-27(2)37-23-33(30-13-6-5-7-14-30)24-38(28(3)4)42(37)47-40-19-9-8-18-39(40)46-44(47)36-17-11-16-35-34-21-20-32(25-41(34)48-43(35)36)31-15-10-12-29(22-31)26-45;12-7-3-4-8-10(6-7)14-9-2-1-5-13-11(8)9;/h5-16,18-25,27-28H,1-4H3;1-3,5-6H;/q2*-1;. The fourth-order valence-electron chi connectivity index (χ4n) is 8.39. The summed E-state index contributed by atoms with van der Waals surface area (Å²) in [5.41, 5.74) is 14.0. The maximum Gasteiger partial charge on any atom is 0.121 e. The summed E-state index contributed by atoms with van der Waals surface area (Å²) in [6.45, 7) is 9.08. The first kappa shape index (κ1) is 41.6. The van der Waals surface area contributed by atoms with E-state index in [2.05, 4.69) is 140 Å². The summed E-state index contributed by atoms with van der Waals surface area (Å²) in [5.74, 6) is 1.08. The van der Waals surface area contributed by atoms with Gasteiger partial charge in [0, 0.05) is 53.4 Å². The zero-order chi connectivity index (χ0) is 42.5. The van der Waals surface area contributed by atoms with Crippen molar-refractivity contribution < 1.29 is 28.9 Å². The molecule has 1 radical (unpaired) electrons. The molecule has 0 bridgehead atoms. The number of rotatable bonds is 6. The zero-order valence-electron chi connectivity index (χ0n) is 34.9. The van der Waals surface area contributed by atoms with E-state index in [1.54, 1.807) is 17.5 Å². The predicted octanol–water partition coefficient (Wildman–Crippen LogP) is 15.2. The number of aromatic nitrogens is 3. The van der Waals surface area contributed by atoms with Crippen LogP contribution in [0, 0.1) is 29.3 Å². The Morgan fingerprint density at radius 2 is 1.46 bits per heavy atom. The minimum atomic E-state index is -0.246. The van der Waals surface area contributed by atoms with Crippen molar-refractivity contribution in [2.24, 2.45) is 0 Å². The fourth-order valence-corrected chi connectivity index (χ4v) is 9.45. The SMILES string of the molecule is CC(C)c1cc(-c2ccccc2)cc(C(C)C)c1-n1c(-c2[c-]ccc3c2oc2cc(-c4cccc(C#N)c4)ccc23)nc2ccccc21.Fc1c[c-]c2c(c1)sc1cccnc12.[Ir]. The second kappa shape index (κ2) is 17.2. The molecule has 4 heterocycles. The van der Waals surface area contributed by atoms with Crippen LogP contribution >= 0.6 is 11.3 Å². The molecule has 5 nitrogen and oxygen atoms in total. The van der Waals surface area contributed by atoms with Crippen LogP contribution in [0.25, 0.3) is 92.6 Å². The van der Waals surface area contributed by atoms with Crippen molar-refractivity contribution in [1.29, 1.82) is 5.26 Å². The average molecular weight is 1020 g/mol. The number of furan rings is 1. The predicted molar refractivity (Wildman–Crippen MR) is 252 cm³/mol. The Morgan fingerprint density at radius 3 is 2.24 bits per heavy atom. The van der Waals surface area contributed by atoms with Crippen molar-refractivity contribution in [3.63, 3.8) is 0 Å². The molecule has 0 unspecified atom stereocenters. The molecule has 309 valence electrons. The third-order valence-electron chi connectivity index (χ3n) is 11.4. The second-order valence-electron chi connectivity index (χ2n) is 16.0. The number of hydrogen-bond acceptors (Lipinski definition) is 5. The van der Waals surface area contributed by atoms with Gasteiger partial charge in [0.25, 0.3) is 0 Å². The fraction of sp³-hybridized carbons (Fsp3) is 0.109. The van der Waals surface area contributed by atoms with E-state index in [0.29, 0.717) is 5.56 Å². The van der Waals surface area contributed by atoms with Crippen LogP contribution in [0.15, 0.2) is 156 Å². The van der Waals surface area contributed by atoms with E-state index in [0.717, 1.165) is 75.8 Å². The number of imidazole rings is 1. The van der Waals surface area contributed by atoms with Crippen LogP contribution < -0.4 is 0 Å². The van der Waals surface area contributed by atoms with Crippen LogP contribution in [0.2, 0.25) is 0 Å². The normalized spacial score (nSPS) is 11.4. The van der Waals surface area contributed by atoms with E-state index in [4.69, 9.17) is 9.40 Å². The van der Waals surface area contributed by atoms with E-state index < -0.39 is 0 Å². The molecule has 0 aliphatic carbocycles. The molecule has 0 aliphatic rings. The molecule has 11 aromatic rings. The second-order valence-corrected chi connectivity index (χ2v) is 17.1. The van der Waals surface area contributed by atoms with Gasteiger partial charge in [-0.1, -0.05) is 122 Å². The molecular formula is C55H39FIrN4OS-2. The van der Waals surface area contributed by atoms with Crippen molar-refractivity contribution >= 4 is 64.6 Å². The monoisotopic (exact) mass is 1020 g/mol. The van der Waals surface area contributed by atoms with Crippen LogP contribution in [-0.2, 0) is 20.1 Å². The summed E-state index contributed by atoms with van der Waals surface area (Å²) in [5, 5.41) is 12.4. The molecule has 0 saturated heterocycles. The van der Waals surface area contributed by atoms with Gasteiger partial charge >= 0.3 is 0 Å². The van der Waals surface area contributed by atoms with Gasteiger partial charge in [0.1, 0.15) is 5.58 Å². The maximum atomic E-state index is 12.9. The molecule has 7 aromatic carbocycles. The molecule has 0 atom stereocenters. The summed E-state index contributed by atoms with van der Waals surface area (Å²) < 4.78 is 24.0. The van der Waals surface area contributed by atoms with Crippen molar-refractivity contribution in [1.82, 2.24) is 14.5 Å².